The molecule has 1 atom stereocenters. The summed E-state index contributed by atoms with van der Waals surface area (Å²) < 4.78 is 39.7. The summed E-state index contributed by atoms with van der Waals surface area (Å²) in [6, 6.07) is 6.26. The van der Waals surface area contributed by atoms with E-state index >= 15 is 0 Å². The molecule has 29 heavy (non-hydrogen) atoms. The van der Waals surface area contributed by atoms with E-state index in [9.17, 15) is 22.8 Å². The molecule has 0 heterocycles. The van der Waals surface area contributed by atoms with Gasteiger partial charge in [-0.2, -0.15) is 0 Å². The summed E-state index contributed by atoms with van der Waals surface area (Å²) in [5, 5.41) is 5.66. The second-order valence-corrected chi connectivity index (χ2v) is 7.22. The van der Waals surface area contributed by atoms with Crippen LogP contribution in [0.25, 0.3) is 0 Å². The van der Waals surface area contributed by atoms with Gasteiger partial charge in [0.1, 0.15) is 0 Å². The lowest BCUT2D eigenvalue weighted by Crippen LogP contribution is -2.39. The second kappa shape index (κ2) is 9.96. The van der Waals surface area contributed by atoms with Gasteiger partial charge in [0, 0.05) is 0 Å². The van der Waals surface area contributed by atoms with Crippen LogP contribution in [0.3, 0.4) is 0 Å². The van der Waals surface area contributed by atoms with E-state index in [0.29, 0.717) is 16.1 Å². The Morgan fingerprint density at radius 3 is 2.31 bits per heavy atom. The number of nitrogens with one attached hydrogen (secondary N) is 2. The number of carbonyl (C=O) groups excluding carboxylic acids is 2. The highest BCUT2D eigenvalue weighted by Gasteiger charge is 2.17. The Hall–Kier alpha value is -2.29. The second-order valence-electron chi connectivity index (χ2n) is 6.41. The lowest BCUT2D eigenvalue weighted by atomic mass is 10.1. The van der Waals surface area contributed by atoms with E-state index in [4.69, 9.17) is 23.2 Å². The summed E-state index contributed by atoms with van der Waals surface area (Å²) in [5.74, 6) is -5.58. The molecule has 10 heteroatoms. The number of rotatable bonds is 7. The molecule has 0 unspecified atom stereocenters. The van der Waals surface area contributed by atoms with E-state index in [1.807, 2.05) is 0 Å². The lowest BCUT2D eigenvalue weighted by molar-refractivity contribution is -0.123. The van der Waals surface area contributed by atoms with Crippen molar-refractivity contribution in [3.8, 4) is 0 Å². The third-order valence-electron chi connectivity index (χ3n) is 3.96. The highest BCUT2D eigenvalue weighted by atomic mass is 35.5. The van der Waals surface area contributed by atoms with Gasteiger partial charge in [0.25, 0.3) is 0 Å². The Labute approximate surface area is 175 Å². The molecule has 0 aliphatic rings. The van der Waals surface area contributed by atoms with Gasteiger partial charge in [-0.3, -0.25) is 14.5 Å². The fraction of sp³-hybridized carbons (Fsp3) is 0.263. The number of carbonyl (C=O) groups is 2. The maximum absolute atomic E-state index is 13.6. The molecular weight excluding hydrogens is 430 g/mol. The summed E-state index contributed by atoms with van der Waals surface area (Å²) >= 11 is 11.8. The summed E-state index contributed by atoms with van der Waals surface area (Å²) in [6.07, 6.45) is 0. The minimum absolute atomic E-state index is 0.126. The molecule has 0 spiro atoms. The SMILES string of the molecule is C[C@@H](NC(=O)CN(C)CC(=O)Nc1ccc(F)c(F)c1F)c1ccc(Cl)c(Cl)c1. The molecule has 0 aromatic heterocycles. The largest absolute Gasteiger partial charge is 0.348 e. The summed E-state index contributed by atoms with van der Waals surface area (Å²) in [6.45, 7) is 1.36. The van der Waals surface area contributed by atoms with Crippen LogP contribution in [0.2, 0.25) is 10.0 Å². The third kappa shape index (κ3) is 6.35. The van der Waals surface area contributed by atoms with E-state index in [2.05, 4.69) is 10.6 Å². The minimum atomic E-state index is -1.67. The van der Waals surface area contributed by atoms with Gasteiger partial charge in [0.05, 0.1) is 34.9 Å². The van der Waals surface area contributed by atoms with Crippen LogP contribution < -0.4 is 10.6 Å². The summed E-state index contributed by atoms with van der Waals surface area (Å²) in [5.41, 5.74) is 0.266. The van der Waals surface area contributed by atoms with Crippen molar-refractivity contribution in [3.63, 3.8) is 0 Å². The number of amides is 2. The van der Waals surface area contributed by atoms with Gasteiger partial charge in [-0.25, -0.2) is 13.2 Å². The molecule has 0 bridgehead atoms. The van der Waals surface area contributed by atoms with Crippen molar-refractivity contribution in [2.75, 3.05) is 25.5 Å². The first-order chi connectivity index (χ1) is 13.6. The smallest absolute Gasteiger partial charge is 0.238 e. The molecule has 2 aromatic carbocycles. The number of benzene rings is 2. The average Bonchev–Trinajstić information content (AvgIpc) is 2.64. The standard InChI is InChI=1S/C19H18Cl2F3N3O2/c1-10(11-3-4-12(20)13(21)7-11)25-16(28)8-27(2)9-17(29)26-15-6-5-14(22)18(23)19(15)24/h3-7,10H,8-9H2,1-2H3,(H,25,28)(H,26,29)/t10-/m1/s1. The average molecular weight is 448 g/mol. The van der Waals surface area contributed by atoms with Crippen LogP contribution in [0, 0.1) is 17.5 Å². The maximum atomic E-state index is 13.6. The van der Waals surface area contributed by atoms with Crippen LogP contribution in [-0.2, 0) is 9.59 Å². The highest BCUT2D eigenvalue weighted by molar-refractivity contribution is 6.42. The molecule has 0 saturated heterocycles. The molecule has 2 aromatic rings. The quantitative estimate of drug-likeness (QED) is 0.626. The van der Waals surface area contributed by atoms with Gasteiger partial charge in [0.2, 0.25) is 11.8 Å². The van der Waals surface area contributed by atoms with Gasteiger partial charge in [0.15, 0.2) is 17.5 Å². The number of likely N-dealkylation sites (N-methyl/N-ethyl adjacent to an activating group) is 1. The van der Waals surface area contributed by atoms with E-state index < -0.39 is 29.0 Å². The van der Waals surface area contributed by atoms with Crippen LogP contribution in [-0.4, -0.2) is 36.9 Å². The van der Waals surface area contributed by atoms with Gasteiger partial charge in [-0.05, 0) is 43.8 Å². The van der Waals surface area contributed by atoms with Crippen molar-refractivity contribution in [1.29, 1.82) is 0 Å². The predicted octanol–water partition coefficient (Wildman–Crippen LogP) is 4.16. The van der Waals surface area contributed by atoms with Crippen LogP contribution in [0.1, 0.15) is 18.5 Å². The first-order valence-corrected chi connectivity index (χ1v) is 9.20. The Kier molecular flexibility index (Phi) is 7.89. The zero-order valence-corrected chi connectivity index (χ0v) is 17.0. The molecule has 0 fully saturated rings. The monoisotopic (exact) mass is 447 g/mol. The maximum Gasteiger partial charge on any atom is 0.238 e. The molecule has 156 valence electrons. The number of anilines is 1. The van der Waals surface area contributed by atoms with Crippen molar-refractivity contribution >= 4 is 40.7 Å². The summed E-state index contributed by atoms with van der Waals surface area (Å²) in [4.78, 5) is 25.5. The van der Waals surface area contributed by atoms with Gasteiger partial charge < -0.3 is 10.6 Å². The molecule has 0 aliphatic heterocycles. The van der Waals surface area contributed by atoms with E-state index in [1.165, 1.54) is 11.9 Å². The molecule has 0 saturated carbocycles. The molecule has 2 N–H and O–H groups in total. The highest BCUT2D eigenvalue weighted by Crippen LogP contribution is 2.25. The van der Waals surface area contributed by atoms with Crippen LogP contribution in [0.4, 0.5) is 18.9 Å². The molecule has 0 radical (unpaired) electrons. The number of hydrogen-bond acceptors (Lipinski definition) is 3. The topological polar surface area (TPSA) is 61.4 Å². The Balaban J connectivity index is 1.87. The van der Waals surface area contributed by atoms with Gasteiger partial charge >= 0.3 is 0 Å². The van der Waals surface area contributed by atoms with E-state index in [1.54, 1.807) is 25.1 Å². The van der Waals surface area contributed by atoms with E-state index in [0.717, 1.165) is 11.6 Å². The Morgan fingerprint density at radius 2 is 1.66 bits per heavy atom. The number of hydrogen-bond donors (Lipinski definition) is 2. The number of nitrogens with zero attached hydrogens (tertiary/aromatic N) is 1. The fourth-order valence-electron chi connectivity index (χ4n) is 2.51. The minimum Gasteiger partial charge on any atom is -0.348 e. The van der Waals surface area contributed by atoms with Crippen molar-refractivity contribution in [2.45, 2.75) is 13.0 Å². The number of halogens is 5. The van der Waals surface area contributed by atoms with Crippen molar-refractivity contribution < 1.29 is 22.8 Å². The van der Waals surface area contributed by atoms with Crippen molar-refractivity contribution in [2.24, 2.45) is 0 Å². The fourth-order valence-corrected chi connectivity index (χ4v) is 2.82. The Morgan fingerprint density at radius 1 is 1.00 bits per heavy atom. The van der Waals surface area contributed by atoms with Gasteiger partial charge in [-0.15, -0.1) is 0 Å². The van der Waals surface area contributed by atoms with Crippen LogP contribution >= 0.6 is 23.2 Å². The third-order valence-corrected chi connectivity index (χ3v) is 4.70. The lowest BCUT2D eigenvalue weighted by Gasteiger charge is -2.19. The zero-order valence-electron chi connectivity index (χ0n) is 15.5. The molecule has 2 amide bonds. The zero-order chi connectivity index (χ0) is 21.7. The predicted molar refractivity (Wildman–Crippen MR) is 105 cm³/mol. The van der Waals surface area contributed by atoms with Gasteiger partial charge in [-0.1, -0.05) is 29.3 Å². The summed E-state index contributed by atoms with van der Waals surface area (Å²) in [7, 11) is 1.50. The molecule has 2 rings (SSSR count). The molecule has 0 aliphatic carbocycles. The van der Waals surface area contributed by atoms with Crippen molar-refractivity contribution in [1.82, 2.24) is 10.2 Å². The molecule has 5 nitrogen and oxygen atoms in total. The normalized spacial score (nSPS) is 12.0. The molecular formula is C19H18Cl2F3N3O2. The first kappa shape index (κ1) is 23.0. The first-order valence-electron chi connectivity index (χ1n) is 8.44. The van der Waals surface area contributed by atoms with Crippen molar-refractivity contribution in [3.05, 3.63) is 63.4 Å². The van der Waals surface area contributed by atoms with Crippen LogP contribution in [0.15, 0.2) is 30.3 Å². The van der Waals surface area contributed by atoms with E-state index in [-0.39, 0.29) is 25.0 Å². The Bertz CT molecular complexity index is 928. The van der Waals surface area contributed by atoms with Crippen LogP contribution in [0.5, 0.6) is 0 Å².